The molecule has 0 amide bonds. The second-order valence-corrected chi connectivity index (χ2v) is 6.18. The van der Waals surface area contributed by atoms with Gasteiger partial charge in [-0.15, -0.1) is 0 Å². The molecule has 2 aromatic rings. The maximum atomic E-state index is 12.2. The molecule has 7 heteroatoms. The van der Waals surface area contributed by atoms with Crippen LogP contribution in [0, 0.1) is 0 Å². The van der Waals surface area contributed by atoms with Gasteiger partial charge in [0, 0.05) is 19.4 Å². The number of anilines is 1. The summed E-state index contributed by atoms with van der Waals surface area (Å²) in [6.45, 7) is 2.18. The average molecular weight is 306 g/mol. The highest BCUT2D eigenvalue weighted by atomic mass is 32.2. The topological polar surface area (TPSA) is 84.0 Å². The van der Waals surface area contributed by atoms with Gasteiger partial charge in [0.1, 0.15) is 10.7 Å². The highest BCUT2D eigenvalue weighted by molar-refractivity contribution is 7.89. The summed E-state index contributed by atoms with van der Waals surface area (Å²) in [6, 6.07) is 6.92. The van der Waals surface area contributed by atoms with Crippen LogP contribution in [0.3, 0.4) is 0 Å². The van der Waals surface area contributed by atoms with Crippen molar-refractivity contribution in [2.75, 3.05) is 12.4 Å². The van der Waals surface area contributed by atoms with E-state index in [0.29, 0.717) is 5.82 Å². The number of pyridine rings is 2. The molecule has 0 saturated carbocycles. The summed E-state index contributed by atoms with van der Waals surface area (Å²) in [5, 5.41) is 2.84. The summed E-state index contributed by atoms with van der Waals surface area (Å²) in [6.07, 6.45) is 3.79. The van der Waals surface area contributed by atoms with Gasteiger partial charge >= 0.3 is 0 Å². The smallest absolute Gasteiger partial charge is 0.242 e. The number of nitrogens with zero attached hydrogens (tertiary/aromatic N) is 2. The van der Waals surface area contributed by atoms with E-state index in [2.05, 4.69) is 20.0 Å². The fourth-order valence-electron chi connectivity index (χ4n) is 1.89. The van der Waals surface area contributed by atoms with E-state index < -0.39 is 10.0 Å². The van der Waals surface area contributed by atoms with E-state index in [-0.39, 0.29) is 11.4 Å². The van der Waals surface area contributed by atoms with E-state index in [1.165, 1.54) is 12.3 Å². The zero-order chi connectivity index (χ0) is 15.3. The lowest BCUT2D eigenvalue weighted by molar-refractivity contribution is 0.579. The van der Waals surface area contributed by atoms with Gasteiger partial charge in [0.25, 0.3) is 0 Å². The third-order valence-corrected chi connectivity index (χ3v) is 4.48. The van der Waals surface area contributed by atoms with Gasteiger partial charge < -0.3 is 5.32 Å². The van der Waals surface area contributed by atoms with Gasteiger partial charge in [-0.3, -0.25) is 4.98 Å². The standard InChI is InChI=1S/C14H18N4O2S/c1-3-11-5-4-8-16-13(11)10-18-21(19,20)12-6-7-14(15-2)17-9-12/h4-9,18H,3,10H2,1-2H3,(H,15,17). The molecule has 0 radical (unpaired) electrons. The van der Waals surface area contributed by atoms with Crippen molar-refractivity contribution in [3.63, 3.8) is 0 Å². The van der Waals surface area contributed by atoms with Crippen molar-refractivity contribution >= 4 is 15.8 Å². The van der Waals surface area contributed by atoms with Crippen LogP contribution in [0.15, 0.2) is 41.6 Å². The predicted molar refractivity (Wildman–Crippen MR) is 81.4 cm³/mol. The van der Waals surface area contributed by atoms with Gasteiger partial charge in [-0.05, 0) is 30.2 Å². The van der Waals surface area contributed by atoms with E-state index in [0.717, 1.165) is 17.7 Å². The summed E-state index contributed by atoms with van der Waals surface area (Å²) >= 11 is 0. The van der Waals surface area contributed by atoms with Crippen LogP contribution in [0.1, 0.15) is 18.2 Å². The molecule has 21 heavy (non-hydrogen) atoms. The van der Waals surface area contributed by atoms with Crippen LogP contribution in [-0.4, -0.2) is 25.4 Å². The zero-order valence-electron chi connectivity index (χ0n) is 12.0. The first-order valence-electron chi connectivity index (χ1n) is 6.63. The molecule has 0 fully saturated rings. The SMILES string of the molecule is CCc1cccnc1CNS(=O)(=O)c1ccc(NC)nc1. The first-order valence-corrected chi connectivity index (χ1v) is 8.11. The van der Waals surface area contributed by atoms with Gasteiger partial charge in [0.05, 0.1) is 12.2 Å². The van der Waals surface area contributed by atoms with E-state index in [9.17, 15) is 8.42 Å². The van der Waals surface area contributed by atoms with E-state index in [1.807, 2.05) is 19.1 Å². The third-order valence-electron chi connectivity index (χ3n) is 3.10. The number of hydrogen-bond donors (Lipinski definition) is 2. The number of nitrogens with one attached hydrogen (secondary N) is 2. The monoisotopic (exact) mass is 306 g/mol. The van der Waals surface area contributed by atoms with E-state index in [4.69, 9.17) is 0 Å². The van der Waals surface area contributed by atoms with Crippen molar-refractivity contribution in [1.82, 2.24) is 14.7 Å². The van der Waals surface area contributed by atoms with Crippen LogP contribution in [0.4, 0.5) is 5.82 Å². The van der Waals surface area contributed by atoms with Crippen LogP contribution in [0.5, 0.6) is 0 Å². The van der Waals surface area contributed by atoms with Crippen LogP contribution in [-0.2, 0) is 23.0 Å². The van der Waals surface area contributed by atoms with Gasteiger partial charge in [0.2, 0.25) is 10.0 Å². The largest absolute Gasteiger partial charge is 0.373 e. The Kier molecular flexibility index (Phi) is 4.87. The summed E-state index contributed by atoms with van der Waals surface area (Å²) in [7, 11) is -1.86. The highest BCUT2D eigenvalue weighted by Crippen LogP contribution is 2.12. The molecule has 2 N–H and O–H groups in total. The third kappa shape index (κ3) is 3.77. The molecule has 0 aliphatic heterocycles. The number of hydrogen-bond acceptors (Lipinski definition) is 5. The normalized spacial score (nSPS) is 11.3. The summed E-state index contributed by atoms with van der Waals surface area (Å²) in [4.78, 5) is 8.36. The van der Waals surface area contributed by atoms with E-state index >= 15 is 0 Å². The second kappa shape index (κ2) is 6.64. The first kappa shape index (κ1) is 15.4. The molecule has 112 valence electrons. The Morgan fingerprint density at radius 2 is 2.00 bits per heavy atom. The van der Waals surface area contributed by atoms with Crippen molar-refractivity contribution in [1.29, 1.82) is 0 Å². The Labute approximate surface area is 124 Å². The van der Waals surface area contributed by atoms with Gasteiger partial charge in [-0.2, -0.15) is 0 Å². The molecular weight excluding hydrogens is 288 g/mol. The van der Waals surface area contributed by atoms with Crippen LogP contribution in [0.25, 0.3) is 0 Å². The molecule has 2 aromatic heterocycles. The number of sulfonamides is 1. The molecule has 2 rings (SSSR count). The Morgan fingerprint density at radius 1 is 1.19 bits per heavy atom. The molecule has 2 heterocycles. The second-order valence-electron chi connectivity index (χ2n) is 4.42. The summed E-state index contributed by atoms with van der Waals surface area (Å²) < 4.78 is 27.0. The van der Waals surface area contributed by atoms with Crippen LogP contribution >= 0.6 is 0 Å². The Bertz CT molecular complexity index is 699. The number of aryl methyl sites for hydroxylation is 1. The van der Waals surface area contributed by atoms with Gasteiger partial charge in [-0.1, -0.05) is 13.0 Å². The van der Waals surface area contributed by atoms with Crippen molar-refractivity contribution in [2.45, 2.75) is 24.8 Å². The molecule has 0 aliphatic rings. The summed E-state index contributed by atoms with van der Waals surface area (Å²) in [5.74, 6) is 0.618. The Morgan fingerprint density at radius 3 is 2.62 bits per heavy atom. The lowest BCUT2D eigenvalue weighted by atomic mass is 10.1. The van der Waals surface area contributed by atoms with E-state index in [1.54, 1.807) is 19.3 Å². The van der Waals surface area contributed by atoms with Crippen LogP contribution < -0.4 is 10.0 Å². The first-order chi connectivity index (χ1) is 10.1. The average Bonchev–Trinajstić information content (AvgIpc) is 2.53. The fourth-order valence-corrected chi connectivity index (χ4v) is 2.82. The molecular formula is C14H18N4O2S. The molecule has 0 atom stereocenters. The van der Waals surface area contributed by atoms with Crippen molar-refractivity contribution in [3.8, 4) is 0 Å². The maximum Gasteiger partial charge on any atom is 0.242 e. The molecule has 6 nitrogen and oxygen atoms in total. The lowest BCUT2D eigenvalue weighted by Crippen LogP contribution is -2.24. The Balaban J connectivity index is 2.13. The fraction of sp³-hybridized carbons (Fsp3) is 0.286. The highest BCUT2D eigenvalue weighted by Gasteiger charge is 2.15. The quantitative estimate of drug-likeness (QED) is 0.846. The van der Waals surface area contributed by atoms with Crippen molar-refractivity contribution in [2.24, 2.45) is 0 Å². The summed E-state index contributed by atoms with van der Waals surface area (Å²) in [5.41, 5.74) is 1.77. The minimum absolute atomic E-state index is 0.135. The predicted octanol–water partition coefficient (Wildman–Crippen LogP) is 1.56. The van der Waals surface area contributed by atoms with Crippen LogP contribution in [0.2, 0.25) is 0 Å². The van der Waals surface area contributed by atoms with Crippen molar-refractivity contribution < 1.29 is 8.42 Å². The maximum absolute atomic E-state index is 12.2. The van der Waals surface area contributed by atoms with Gasteiger partial charge in [-0.25, -0.2) is 18.1 Å². The molecule has 0 spiro atoms. The minimum Gasteiger partial charge on any atom is -0.373 e. The van der Waals surface area contributed by atoms with Crippen molar-refractivity contribution in [3.05, 3.63) is 47.9 Å². The number of rotatable bonds is 6. The molecule has 0 saturated heterocycles. The van der Waals surface area contributed by atoms with Gasteiger partial charge in [0.15, 0.2) is 0 Å². The number of aromatic nitrogens is 2. The lowest BCUT2D eigenvalue weighted by Gasteiger charge is -2.09. The molecule has 0 aromatic carbocycles. The molecule has 0 bridgehead atoms. The zero-order valence-corrected chi connectivity index (χ0v) is 12.8. The Hall–Kier alpha value is -1.99. The molecule has 0 unspecified atom stereocenters. The minimum atomic E-state index is -3.59. The molecule has 0 aliphatic carbocycles.